The summed E-state index contributed by atoms with van der Waals surface area (Å²) < 4.78 is 5.73. The maximum atomic E-state index is 10.5. The Kier molecular flexibility index (Phi) is 4.79. The van der Waals surface area contributed by atoms with Crippen molar-refractivity contribution in [2.24, 2.45) is 0 Å². The number of aliphatic hydroxyl groups is 1. The molecule has 2 heterocycles. The maximum absolute atomic E-state index is 10.5. The van der Waals surface area contributed by atoms with E-state index in [4.69, 9.17) is 16.3 Å². The van der Waals surface area contributed by atoms with Crippen LogP contribution in [0.2, 0.25) is 5.02 Å². The zero-order valence-electron chi connectivity index (χ0n) is 11.9. The summed E-state index contributed by atoms with van der Waals surface area (Å²) in [4.78, 5) is 0. The lowest BCUT2D eigenvalue weighted by atomic mass is 9.96. The average molecular weight is 326 g/mol. The Hall–Kier alpha value is -0.680. The van der Waals surface area contributed by atoms with E-state index in [-0.39, 0.29) is 0 Å². The van der Waals surface area contributed by atoms with Crippen molar-refractivity contribution in [3.05, 3.63) is 34.4 Å². The first-order valence-corrected chi connectivity index (χ1v) is 8.81. The largest absolute Gasteiger partial charge is 0.489 e. The molecule has 0 unspecified atom stereocenters. The highest BCUT2D eigenvalue weighted by Gasteiger charge is 2.28. The van der Waals surface area contributed by atoms with Gasteiger partial charge >= 0.3 is 0 Å². The lowest BCUT2D eigenvalue weighted by Crippen LogP contribution is -2.44. The van der Waals surface area contributed by atoms with Gasteiger partial charge in [-0.15, -0.1) is 0 Å². The predicted molar refractivity (Wildman–Crippen MR) is 89.3 cm³/mol. The van der Waals surface area contributed by atoms with E-state index in [0.717, 1.165) is 47.2 Å². The number of nitrogens with one attached hydrogen (secondary N) is 1. The molecular formula is C16H20ClNO2S. The van der Waals surface area contributed by atoms with Gasteiger partial charge in [-0.05, 0) is 54.2 Å². The second-order valence-corrected chi connectivity index (χ2v) is 7.37. The third-order valence-electron chi connectivity index (χ3n) is 3.97. The Morgan fingerprint density at radius 1 is 1.33 bits per heavy atom. The molecule has 2 N–H and O–H groups in total. The fourth-order valence-electron chi connectivity index (χ4n) is 2.68. The van der Waals surface area contributed by atoms with Gasteiger partial charge in [-0.25, -0.2) is 0 Å². The lowest BCUT2D eigenvalue weighted by Gasteiger charge is -2.32. The number of benzene rings is 1. The van der Waals surface area contributed by atoms with Gasteiger partial charge < -0.3 is 15.2 Å². The molecule has 3 rings (SSSR count). The molecule has 0 atom stereocenters. The van der Waals surface area contributed by atoms with Crippen LogP contribution in [0.15, 0.2) is 23.8 Å². The molecule has 3 nitrogen and oxygen atoms in total. The molecule has 0 spiro atoms. The molecular weight excluding hydrogens is 306 g/mol. The summed E-state index contributed by atoms with van der Waals surface area (Å²) in [5, 5.41) is 14.5. The first-order valence-electron chi connectivity index (χ1n) is 7.27. The third kappa shape index (κ3) is 3.95. The van der Waals surface area contributed by atoms with Crippen LogP contribution in [0.25, 0.3) is 6.08 Å². The van der Waals surface area contributed by atoms with Gasteiger partial charge in [0, 0.05) is 23.7 Å². The van der Waals surface area contributed by atoms with E-state index in [0.29, 0.717) is 13.2 Å². The fraction of sp³-hybridized carbons (Fsp3) is 0.500. The Morgan fingerprint density at radius 3 is 2.95 bits per heavy atom. The third-order valence-corrected chi connectivity index (χ3v) is 5.19. The molecule has 0 saturated carbocycles. The summed E-state index contributed by atoms with van der Waals surface area (Å²) in [6.07, 6.45) is 3.87. The minimum Gasteiger partial charge on any atom is -0.489 e. The van der Waals surface area contributed by atoms with Crippen molar-refractivity contribution in [1.82, 2.24) is 5.32 Å². The van der Waals surface area contributed by atoms with E-state index in [9.17, 15) is 5.11 Å². The molecule has 2 aliphatic rings. The molecule has 114 valence electrons. The first kappa shape index (κ1) is 15.2. The van der Waals surface area contributed by atoms with E-state index < -0.39 is 5.60 Å². The highest BCUT2D eigenvalue weighted by atomic mass is 35.5. The second-order valence-electron chi connectivity index (χ2n) is 5.71. The molecule has 0 aliphatic carbocycles. The number of ether oxygens (including phenoxy) is 1. The molecule has 0 bridgehead atoms. The molecule has 0 amide bonds. The quantitative estimate of drug-likeness (QED) is 0.893. The minimum absolute atomic E-state index is 0.539. The van der Waals surface area contributed by atoms with Crippen LogP contribution in [0.5, 0.6) is 5.75 Å². The van der Waals surface area contributed by atoms with E-state index in [1.165, 1.54) is 5.57 Å². The van der Waals surface area contributed by atoms with Crippen LogP contribution < -0.4 is 10.1 Å². The van der Waals surface area contributed by atoms with Gasteiger partial charge in [-0.2, -0.15) is 11.8 Å². The summed E-state index contributed by atoms with van der Waals surface area (Å²) in [7, 11) is 0. The zero-order chi connectivity index (χ0) is 14.7. The summed E-state index contributed by atoms with van der Waals surface area (Å²) in [6.45, 7) is 1.98. The van der Waals surface area contributed by atoms with Crippen molar-refractivity contribution in [1.29, 1.82) is 0 Å². The molecule has 1 fully saturated rings. The van der Waals surface area contributed by atoms with Crippen molar-refractivity contribution < 1.29 is 9.84 Å². The number of rotatable bonds is 4. The van der Waals surface area contributed by atoms with E-state index in [1.807, 2.05) is 30.0 Å². The summed E-state index contributed by atoms with van der Waals surface area (Å²) >= 11 is 7.93. The highest BCUT2D eigenvalue weighted by Crippen LogP contribution is 2.29. The highest BCUT2D eigenvalue weighted by molar-refractivity contribution is 7.99. The number of halogens is 1. The first-order chi connectivity index (χ1) is 10.1. The summed E-state index contributed by atoms with van der Waals surface area (Å²) in [5.41, 5.74) is 1.67. The summed E-state index contributed by atoms with van der Waals surface area (Å²) in [5.74, 6) is 2.98. The number of fused-ring (bicyclic) bond motifs is 1. The maximum Gasteiger partial charge on any atom is 0.127 e. The molecule has 1 aromatic rings. The molecule has 1 aromatic carbocycles. The molecule has 5 heteroatoms. The van der Waals surface area contributed by atoms with E-state index in [2.05, 4.69) is 11.4 Å². The van der Waals surface area contributed by atoms with Crippen LogP contribution >= 0.6 is 23.4 Å². The van der Waals surface area contributed by atoms with Gasteiger partial charge in [0.05, 0.1) is 5.60 Å². The van der Waals surface area contributed by atoms with Crippen LogP contribution in [0, 0.1) is 0 Å². The average Bonchev–Trinajstić information content (AvgIpc) is 2.47. The van der Waals surface area contributed by atoms with Crippen molar-refractivity contribution >= 4 is 29.4 Å². The van der Waals surface area contributed by atoms with E-state index in [1.54, 1.807) is 0 Å². The SMILES string of the molecule is OC1(CNCC2=Cc3cc(Cl)ccc3OC2)CCSCC1. The standard InChI is InChI=1S/C16H20ClNO2S/c17-14-1-2-15-13(8-14)7-12(10-20-15)9-18-11-16(19)3-5-21-6-4-16/h1-2,7-8,18-19H,3-6,9-11H2. The molecule has 1 saturated heterocycles. The van der Waals surface area contributed by atoms with Crippen LogP contribution in [-0.4, -0.2) is 41.9 Å². The fourth-order valence-corrected chi connectivity index (χ4v) is 4.11. The summed E-state index contributed by atoms with van der Waals surface area (Å²) in [6, 6.07) is 5.66. The predicted octanol–water partition coefficient (Wildman–Crippen LogP) is 2.96. The van der Waals surface area contributed by atoms with Gasteiger partial charge in [0.1, 0.15) is 12.4 Å². The number of thioether (sulfide) groups is 1. The van der Waals surface area contributed by atoms with Gasteiger partial charge in [0.25, 0.3) is 0 Å². The number of hydrogen-bond acceptors (Lipinski definition) is 4. The Balaban J connectivity index is 1.56. The van der Waals surface area contributed by atoms with Crippen molar-refractivity contribution in [2.45, 2.75) is 18.4 Å². The zero-order valence-corrected chi connectivity index (χ0v) is 13.5. The van der Waals surface area contributed by atoms with Crippen LogP contribution in [0.3, 0.4) is 0 Å². The Bertz CT molecular complexity index is 541. The van der Waals surface area contributed by atoms with Gasteiger partial charge in [0.2, 0.25) is 0 Å². The second kappa shape index (κ2) is 6.61. The van der Waals surface area contributed by atoms with Gasteiger partial charge in [-0.3, -0.25) is 0 Å². The minimum atomic E-state index is -0.539. The van der Waals surface area contributed by atoms with Crippen molar-refractivity contribution in [2.75, 3.05) is 31.2 Å². The molecule has 21 heavy (non-hydrogen) atoms. The smallest absolute Gasteiger partial charge is 0.127 e. The van der Waals surface area contributed by atoms with E-state index >= 15 is 0 Å². The van der Waals surface area contributed by atoms with Crippen LogP contribution in [0.1, 0.15) is 18.4 Å². The molecule has 0 aromatic heterocycles. The Labute approximate surface area is 134 Å². The normalized spacial score (nSPS) is 20.4. The van der Waals surface area contributed by atoms with Crippen LogP contribution in [0.4, 0.5) is 0 Å². The molecule has 0 radical (unpaired) electrons. The van der Waals surface area contributed by atoms with Crippen LogP contribution in [-0.2, 0) is 0 Å². The van der Waals surface area contributed by atoms with Gasteiger partial charge in [0.15, 0.2) is 0 Å². The lowest BCUT2D eigenvalue weighted by molar-refractivity contribution is 0.0330. The van der Waals surface area contributed by atoms with Gasteiger partial charge in [-0.1, -0.05) is 11.6 Å². The Morgan fingerprint density at radius 2 is 2.14 bits per heavy atom. The topological polar surface area (TPSA) is 41.5 Å². The van der Waals surface area contributed by atoms with Crippen molar-refractivity contribution in [3.8, 4) is 5.75 Å². The number of hydrogen-bond donors (Lipinski definition) is 2. The molecule has 2 aliphatic heterocycles. The monoisotopic (exact) mass is 325 g/mol. The van der Waals surface area contributed by atoms with Crippen molar-refractivity contribution in [3.63, 3.8) is 0 Å².